The number of carbonyl (C=O) groups is 1. The molecule has 17 heavy (non-hydrogen) atoms. The first-order valence-electron chi connectivity index (χ1n) is 5.76. The average molecular weight is 257 g/mol. The fraction of sp³-hybridized carbons (Fsp3) is 0.462. The number of hydrogen-bond donors (Lipinski definition) is 1. The molecule has 0 saturated carbocycles. The molecule has 3 nitrogen and oxygen atoms in total. The summed E-state index contributed by atoms with van der Waals surface area (Å²) in [6, 6.07) is 5.33. The number of carboxylic acids is 1. The van der Waals surface area contributed by atoms with Gasteiger partial charge in [0, 0.05) is 11.4 Å². The van der Waals surface area contributed by atoms with Crippen LogP contribution in [0.2, 0.25) is 5.02 Å². The average Bonchev–Trinajstić information content (AvgIpc) is 2.29. The van der Waals surface area contributed by atoms with E-state index in [4.69, 9.17) is 21.4 Å². The van der Waals surface area contributed by atoms with Gasteiger partial charge in [0.1, 0.15) is 5.75 Å². The van der Waals surface area contributed by atoms with Crippen molar-refractivity contribution in [3.05, 3.63) is 28.8 Å². The lowest BCUT2D eigenvalue weighted by molar-refractivity contribution is -0.136. The molecule has 0 spiro atoms. The van der Waals surface area contributed by atoms with Gasteiger partial charge in [-0.05, 0) is 36.6 Å². The number of hydrogen-bond acceptors (Lipinski definition) is 2. The van der Waals surface area contributed by atoms with Crippen molar-refractivity contribution >= 4 is 17.6 Å². The van der Waals surface area contributed by atoms with Crippen LogP contribution >= 0.6 is 11.6 Å². The Balaban J connectivity index is 2.69. The van der Waals surface area contributed by atoms with E-state index in [2.05, 4.69) is 6.92 Å². The van der Waals surface area contributed by atoms with E-state index in [9.17, 15) is 4.79 Å². The molecule has 0 heterocycles. The van der Waals surface area contributed by atoms with E-state index in [1.165, 1.54) is 0 Å². The Hall–Kier alpha value is -1.22. The van der Waals surface area contributed by atoms with Crippen LogP contribution in [0, 0.1) is 0 Å². The predicted molar refractivity (Wildman–Crippen MR) is 67.8 cm³/mol. The molecule has 0 amide bonds. The van der Waals surface area contributed by atoms with Crippen molar-refractivity contribution < 1.29 is 14.6 Å². The highest BCUT2D eigenvalue weighted by atomic mass is 35.5. The lowest BCUT2D eigenvalue weighted by Crippen LogP contribution is -2.02. The summed E-state index contributed by atoms with van der Waals surface area (Å²) in [4.78, 5) is 10.6. The summed E-state index contributed by atoms with van der Waals surface area (Å²) >= 11 is 5.89. The fourth-order valence-electron chi connectivity index (χ4n) is 1.45. The maximum absolute atomic E-state index is 10.6. The van der Waals surface area contributed by atoms with E-state index in [-0.39, 0.29) is 6.42 Å². The van der Waals surface area contributed by atoms with E-state index in [1.807, 2.05) is 0 Å². The Morgan fingerprint density at radius 2 is 2.24 bits per heavy atom. The van der Waals surface area contributed by atoms with E-state index >= 15 is 0 Å². The number of benzene rings is 1. The van der Waals surface area contributed by atoms with Crippen LogP contribution in [0.25, 0.3) is 0 Å². The monoisotopic (exact) mass is 256 g/mol. The van der Waals surface area contributed by atoms with Gasteiger partial charge in [-0.3, -0.25) is 4.79 Å². The van der Waals surface area contributed by atoms with Crippen molar-refractivity contribution in [3.8, 4) is 5.75 Å². The largest absolute Gasteiger partial charge is 0.493 e. The third-order valence-electron chi connectivity index (χ3n) is 2.39. The van der Waals surface area contributed by atoms with Crippen LogP contribution in [-0.4, -0.2) is 17.7 Å². The van der Waals surface area contributed by atoms with Crippen molar-refractivity contribution in [1.29, 1.82) is 0 Å². The van der Waals surface area contributed by atoms with Gasteiger partial charge in [0.05, 0.1) is 6.61 Å². The molecule has 0 aliphatic rings. The SMILES string of the molecule is CCCCOc1ccc(Cl)cc1CCC(=O)O. The molecule has 0 bridgehead atoms. The zero-order valence-electron chi connectivity index (χ0n) is 9.91. The van der Waals surface area contributed by atoms with Gasteiger partial charge < -0.3 is 9.84 Å². The van der Waals surface area contributed by atoms with Crippen molar-refractivity contribution in [3.63, 3.8) is 0 Å². The second-order valence-electron chi connectivity index (χ2n) is 3.85. The third-order valence-corrected chi connectivity index (χ3v) is 2.62. The number of aliphatic carboxylic acids is 1. The first-order valence-corrected chi connectivity index (χ1v) is 6.14. The van der Waals surface area contributed by atoms with Crippen molar-refractivity contribution in [2.24, 2.45) is 0 Å². The summed E-state index contributed by atoms with van der Waals surface area (Å²) in [7, 11) is 0. The van der Waals surface area contributed by atoms with Gasteiger partial charge in [-0.2, -0.15) is 0 Å². The number of rotatable bonds is 7. The van der Waals surface area contributed by atoms with E-state index in [0.717, 1.165) is 24.2 Å². The molecule has 0 unspecified atom stereocenters. The van der Waals surface area contributed by atoms with Crippen LogP contribution in [0.5, 0.6) is 5.75 Å². The molecular formula is C13H17ClO3. The number of halogens is 1. The molecule has 1 rings (SSSR count). The molecule has 0 aliphatic heterocycles. The molecule has 4 heteroatoms. The Labute approximate surface area is 106 Å². The smallest absolute Gasteiger partial charge is 0.303 e. The number of ether oxygens (including phenoxy) is 1. The van der Waals surface area contributed by atoms with Crippen LogP contribution in [0.4, 0.5) is 0 Å². The molecule has 0 fully saturated rings. The first kappa shape index (κ1) is 13.8. The summed E-state index contributed by atoms with van der Waals surface area (Å²) in [5.74, 6) is -0.0754. The van der Waals surface area contributed by atoms with Crippen LogP contribution < -0.4 is 4.74 Å². The van der Waals surface area contributed by atoms with Gasteiger partial charge in [-0.1, -0.05) is 24.9 Å². The summed E-state index contributed by atoms with van der Waals surface area (Å²) in [5.41, 5.74) is 0.857. The van der Waals surface area contributed by atoms with Gasteiger partial charge in [-0.15, -0.1) is 0 Å². The maximum Gasteiger partial charge on any atom is 0.303 e. The topological polar surface area (TPSA) is 46.5 Å². The van der Waals surface area contributed by atoms with Crippen LogP contribution in [0.3, 0.4) is 0 Å². The van der Waals surface area contributed by atoms with Gasteiger partial charge in [0.25, 0.3) is 0 Å². The molecule has 0 saturated heterocycles. The van der Waals surface area contributed by atoms with Crippen molar-refractivity contribution in [1.82, 2.24) is 0 Å². The Kier molecular flexibility index (Phi) is 5.84. The Morgan fingerprint density at radius 1 is 1.47 bits per heavy atom. The highest BCUT2D eigenvalue weighted by molar-refractivity contribution is 6.30. The summed E-state index contributed by atoms with van der Waals surface area (Å²) in [6.07, 6.45) is 2.58. The molecular weight excluding hydrogens is 240 g/mol. The van der Waals surface area contributed by atoms with Gasteiger partial charge in [0.15, 0.2) is 0 Å². The second kappa shape index (κ2) is 7.17. The zero-order valence-corrected chi connectivity index (χ0v) is 10.7. The van der Waals surface area contributed by atoms with Gasteiger partial charge in [-0.25, -0.2) is 0 Å². The lowest BCUT2D eigenvalue weighted by atomic mass is 10.1. The Bertz CT molecular complexity index is 377. The predicted octanol–water partition coefficient (Wildman–Crippen LogP) is 3.54. The van der Waals surface area contributed by atoms with Crippen LogP contribution in [0.15, 0.2) is 18.2 Å². The normalized spacial score (nSPS) is 10.2. The maximum atomic E-state index is 10.6. The minimum atomic E-state index is -0.815. The van der Waals surface area contributed by atoms with Crippen molar-refractivity contribution in [2.75, 3.05) is 6.61 Å². The summed E-state index contributed by atoms with van der Waals surface area (Å²) in [5, 5.41) is 9.28. The molecule has 1 N–H and O–H groups in total. The van der Waals surface area contributed by atoms with Gasteiger partial charge in [0.2, 0.25) is 0 Å². The molecule has 1 aromatic carbocycles. The van der Waals surface area contributed by atoms with Crippen molar-refractivity contribution in [2.45, 2.75) is 32.6 Å². The highest BCUT2D eigenvalue weighted by Crippen LogP contribution is 2.24. The summed E-state index contributed by atoms with van der Waals surface area (Å²) < 4.78 is 5.61. The minimum absolute atomic E-state index is 0.0878. The minimum Gasteiger partial charge on any atom is -0.493 e. The standard InChI is InChI=1S/C13H17ClO3/c1-2-3-8-17-12-6-5-11(14)9-10(12)4-7-13(15)16/h5-6,9H,2-4,7-8H2,1H3,(H,15,16). The number of carboxylic acid groups (broad SMARTS) is 1. The number of aryl methyl sites for hydroxylation is 1. The second-order valence-corrected chi connectivity index (χ2v) is 4.28. The van der Waals surface area contributed by atoms with E-state index in [1.54, 1.807) is 18.2 Å². The zero-order chi connectivity index (χ0) is 12.7. The molecule has 1 aromatic rings. The highest BCUT2D eigenvalue weighted by Gasteiger charge is 2.07. The fourth-order valence-corrected chi connectivity index (χ4v) is 1.65. The first-order chi connectivity index (χ1) is 8.13. The quantitative estimate of drug-likeness (QED) is 0.759. The Morgan fingerprint density at radius 3 is 2.88 bits per heavy atom. The van der Waals surface area contributed by atoms with E-state index < -0.39 is 5.97 Å². The molecule has 0 atom stereocenters. The molecule has 0 aliphatic carbocycles. The van der Waals surface area contributed by atoms with Gasteiger partial charge >= 0.3 is 5.97 Å². The molecule has 0 radical (unpaired) electrons. The molecule has 0 aromatic heterocycles. The third kappa shape index (κ3) is 5.09. The van der Waals surface area contributed by atoms with E-state index in [0.29, 0.717) is 18.1 Å². The van der Waals surface area contributed by atoms with Crippen LogP contribution in [-0.2, 0) is 11.2 Å². The molecule has 94 valence electrons. The number of unbranched alkanes of at least 4 members (excludes halogenated alkanes) is 1. The lowest BCUT2D eigenvalue weighted by Gasteiger charge is -2.11. The summed E-state index contributed by atoms with van der Waals surface area (Å²) in [6.45, 7) is 2.74. The van der Waals surface area contributed by atoms with Crippen LogP contribution in [0.1, 0.15) is 31.7 Å².